The quantitative estimate of drug-likeness (QED) is 0.920. The van der Waals surface area contributed by atoms with Crippen LogP contribution < -0.4 is 10.2 Å². The van der Waals surface area contributed by atoms with Crippen LogP contribution in [0, 0.1) is 11.6 Å². The third-order valence-electron chi connectivity index (χ3n) is 3.57. The van der Waals surface area contributed by atoms with Crippen LogP contribution in [0.5, 0.6) is 0 Å². The second-order valence-corrected chi connectivity index (χ2v) is 5.32. The zero-order valence-corrected chi connectivity index (χ0v) is 13.0. The Labute approximate surface area is 135 Å². The van der Waals surface area contributed by atoms with Gasteiger partial charge in [-0.1, -0.05) is 0 Å². The molecule has 0 unspecified atom stereocenters. The molecule has 0 aliphatic carbocycles. The molecule has 3 rings (SSSR count). The molecule has 0 spiro atoms. The third kappa shape index (κ3) is 2.73. The van der Waals surface area contributed by atoms with Gasteiger partial charge in [0.25, 0.3) is 5.91 Å². The Hall–Kier alpha value is -2.81. The predicted molar refractivity (Wildman–Crippen MR) is 80.6 cm³/mol. The van der Waals surface area contributed by atoms with Crippen LogP contribution in [0.1, 0.15) is 16.1 Å². The Morgan fingerprint density at radius 2 is 2.08 bits per heavy atom. The lowest BCUT2D eigenvalue weighted by molar-refractivity contribution is -0.115. The van der Waals surface area contributed by atoms with E-state index < -0.39 is 23.4 Å². The summed E-state index contributed by atoms with van der Waals surface area (Å²) in [5, 5.41) is 6.56. The number of hydrogen-bond donors (Lipinski definition) is 1. The Bertz CT molecular complexity index is 834. The molecule has 2 aromatic rings. The summed E-state index contributed by atoms with van der Waals surface area (Å²) in [6.45, 7) is -0.204. The highest BCUT2D eigenvalue weighted by Gasteiger charge is 2.31. The largest absolute Gasteiger partial charge is 0.378 e. The van der Waals surface area contributed by atoms with Gasteiger partial charge in [0.05, 0.1) is 23.5 Å². The maximum Gasteiger partial charge on any atom is 0.262 e. The van der Waals surface area contributed by atoms with Gasteiger partial charge in [-0.05, 0) is 0 Å². The average Bonchev–Trinajstić information content (AvgIpc) is 2.88. The van der Waals surface area contributed by atoms with Crippen molar-refractivity contribution in [2.45, 2.75) is 6.61 Å². The van der Waals surface area contributed by atoms with Gasteiger partial charge in [-0.3, -0.25) is 19.2 Å². The summed E-state index contributed by atoms with van der Waals surface area (Å²) in [4.78, 5) is 25.7. The monoisotopic (exact) mass is 336 g/mol. The van der Waals surface area contributed by atoms with E-state index in [-0.39, 0.29) is 30.1 Å². The molecule has 1 aromatic carbocycles. The Morgan fingerprint density at radius 1 is 1.38 bits per heavy atom. The number of amides is 2. The molecule has 7 nitrogen and oxygen atoms in total. The lowest BCUT2D eigenvalue weighted by Gasteiger charge is -2.29. The van der Waals surface area contributed by atoms with Crippen molar-refractivity contribution < 1.29 is 23.1 Å². The van der Waals surface area contributed by atoms with Gasteiger partial charge >= 0.3 is 0 Å². The van der Waals surface area contributed by atoms with Crippen molar-refractivity contribution in [2.75, 3.05) is 23.9 Å². The van der Waals surface area contributed by atoms with E-state index in [9.17, 15) is 18.4 Å². The summed E-state index contributed by atoms with van der Waals surface area (Å²) >= 11 is 0. The molecule has 1 aromatic heterocycles. The summed E-state index contributed by atoms with van der Waals surface area (Å²) in [7, 11) is 3.10. The minimum Gasteiger partial charge on any atom is -0.378 e. The fourth-order valence-corrected chi connectivity index (χ4v) is 2.56. The number of hydrogen-bond acceptors (Lipinski definition) is 4. The predicted octanol–water partition coefficient (Wildman–Crippen LogP) is 1.44. The van der Waals surface area contributed by atoms with Crippen LogP contribution in [0.15, 0.2) is 18.3 Å². The molecule has 0 saturated carbocycles. The van der Waals surface area contributed by atoms with Crippen molar-refractivity contribution in [3.8, 4) is 0 Å². The summed E-state index contributed by atoms with van der Waals surface area (Å²) < 4.78 is 33.4. The first-order valence-corrected chi connectivity index (χ1v) is 7.03. The molecule has 126 valence electrons. The smallest absolute Gasteiger partial charge is 0.262 e. The van der Waals surface area contributed by atoms with E-state index in [2.05, 4.69) is 10.4 Å². The van der Waals surface area contributed by atoms with Crippen LogP contribution in [0.3, 0.4) is 0 Å². The number of halogens is 2. The van der Waals surface area contributed by atoms with Crippen molar-refractivity contribution in [3.05, 3.63) is 41.2 Å². The molecule has 0 saturated heterocycles. The highest BCUT2D eigenvalue weighted by atomic mass is 19.2. The maximum atomic E-state index is 13.6. The van der Waals surface area contributed by atoms with Gasteiger partial charge in [0.1, 0.15) is 12.2 Å². The minimum absolute atomic E-state index is 0.0377. The lowest BCUT2D eigenvalue weighted by Crippen LogP contribution is -2.42. The number of anilines is 2. The van der Waals surface area contributed by atoms with Gasteiger partial charge in [-0.15, -0.1) is 0 Å². The van der Waals surface area contributed by atoms with Crippen LogP contribution in [-0.2, 0) is 23.2 Å². The zero-order chi connectivity index (χ0) is 17.4. The number of benzene rings is 1. The number of nitrogens with zero attached hydrogens (tertiary/aromatic N) is 3. The fraction of sp³-hybridized carbons (Fsp3) is 0.267. The SMILES string of the molecule is COCc1nn(C)cc1C(=O)N1CC(=O)Nc2cc(F)c(F)cc21. The molecule has 2 amide bonds. The first kappa shape index (κ1) is 16.1. The van der Waals surface area contributed by atoms with Crippen LogP contribution in [0.4, 0.5) is 20.2 Å². The van der Waals surface area contributed by atoms with Gasteiger partial charge in [0, 0.05) is 32.5 Å². The van der Waals surface area contributed by atoms with Crippen molar-refractivity contribution >= 4 is 23.2 Å². The summed E-state index contributed by atoms with van der Waals surface area (Å²) in [5.41, 5.74) is 0.742. The summed E-state index contributed by atoms with van der Waals surface area (Å²) in [6.07, 6.45) is 1.49. The molecule has 24 heavy (non-hydrogen) atoms. The van der Waals surface area contributed by atoms with Crippen molar-refractivity contribution in [1.29, 1.82) is 0 Å². The molecule has 0 radical (unpaired) electrons. The van der Waals surface area contributed by atoms with Gasteiger partial charge in [0.15, 0.2) is 11.6 Å². The second-order valence-electron chi connectivity index (χ2n) is 5.32. The normalized spacial score (nSPS) is 13.7. The maximum absolute atomic E-state index is 13.6. The average molecular weight is 336 g/mol. The molecule has 1 aliphatic heterocycles. The van der Waals surface area contributed by atoms with Gasteiger partial charge in [-0.25, -0.2) is 8.78 Å². The topological polar surface area (TPSA) is 76.5 Å². The highest BCUT2D eigenvalue weighted by molar-refractivity contribution is 6.15. The number of aryl methyl sites for hydroxylation is 1. The first-order chi connectivity index (χ1) is 11.4. The van der Waals surface area contributed by atoms with Gasteiger partial charge in [0.2, 0.25) is 5.91 Å². The summed E-state index contributed by atoms with van der Waals surface area (Å²) in [6, 6.07) is 1.73. The molecule has 0 bridgehead atoms. The zero-order valence-electron chi connectivity index (χ0n) is 13.0. The van der Waals surface area contributed by atoms with Crippen LogP contribution in [-0.4, -0.2) is 35.2 Å². The fourth-order valence-electron chi connectivity index (χ4n) is 2.56. The number of fused-ring (bicyclic) bond motifs is 1. The molecule has 0 fully saturated rings. The standard InChI is InChI=1S/C15H14F2N4O3/c1-20-5-8(12(19-20)7-24-2)15(23)21-6-14(22)18-11-3-9(16)10(17)4-13(11)21/h3-5H,6-7H2,1-2H3,(H,18,22). The second kappa shape index (κ2) is 6.00. The van der Waals surface area contributed by atoms with E-state index in [1.807, 2.05) is 0 Å². The van der Waals surface area contributed by atoms with Crippen molar-refractivity contribution in [2.24, 2.45) is 7.05 Å². The Balaban J connectivity index is 2.05. The number of aromatic nitrogens is 2. The van der Waals surface area contributed by atoms with Crippen molar-refractivity contribution in [3.63, 3.8) is 0 Å². The molecule has 1 N–H and O–H groups in total. The molecule has 1 aliphatic rings. The highest BCUT2D eigenvalue weighted by Crippen LogP contribution is 2.33. The lowest BCUT2D eigenvalue weighted by atomic mass is 10.1. The van der Waals surface area contributed by atoms with E-state index in [0.29, 0.717) is 5.69 Å². The molecular weight excluding hydrogens is 322 g/mol. The number of methoxy groups -OCH3 is 1. The van der Waals surface area contributed by atoms with Gasteiger partial charge < -0.3 is 10.1 Å². The molecular formula is C15H14F2N4O3. The van der Waals surface area contributed by atoms with Crippen LogP contribution in [0.2, 0.25) is 0 Å². The number of carbonyl (C=O) groups excluding carboxylic acids is 2. The van der Waals surface area contributed by atoms with E-state index in [1.54, 1.807) is 7.05 Å². The van der Waals surface area contributed by atoms with Crippen LogP contribution >= 0.6 is 0 Å². The van der Waals surface area contributed by atoms with Crippen molar-refractivity contribution in [1.82, 2.24) is 9.78 Å². The van der Waals surface area contributed by atoms with E-state index in [4.69, 9.17) is 4.74 Å². The van der Waals surface area contributed by atoms with Gasteiger partial charge in [-0.2, -0.15) is 5.10 Å². The third-order valence-corrected chi connectivity index (χ3v) is 3.57. The molecule has 2 heterocycles. The van der Waals surface area contributed by atoms with E-state index in [1.165, 1.54) is 18.0 Å². The van der Waals surface area contributed by atoms with Crippen LogP contribution in [0.25, 0.3) is 0 Å². The number of carbonyl (C=O) groups is 2. The minimum atomic E-state index is -1.11. The summed E-state index contributed by atoms with van der Waals surface area (Å²) in [5.74, 6) is -3.26. The van der Waals surface area contributed by atoms with E-state index in [0.717, 1.165) is 17.0 Å². The first-order valence-electron chi connectivity index (χ1n) is 7.03. The number of rotatable bonds is 3. The number of nitrogens with one attached hydrogen (secondary N) is 1. The Morgan fingerprint density at radius 3 is 2.79 bits per heavy atom. The van der Waals surface area contributed by atoms with E-state index >= 15 is 0 Å². The number of ether oxygens (including phenoxy) is 1. The Kier molecular flexibility index (Phi) is 4.02. The molecule has 0 atom stereocenters. The molecule has 9 heteroatoms.